The van der Waals surface area contributed by atoms with E-state index in [1.54, 1.807) is 24.3 Å². The van der Waals surface area contributed by atoms with Gasteiger partial charge in [0.25, 0.3) is 5.91 Å². The van der Waals surface area contributed by atoms with Crippen molar-refractivity contribution < 1.29 is 9.53 Å². The summed E-state index contributed by atoms with van der Waals surface area (Å²) in [5.74, 6) is 1.18. The second-order valence-electron chi connectivity index (χ2n) is 5.65. The SMILES string of the molecule is CC1CCCCCC1NC(=O)COc1ccc(N)cc1. The quantitative estimate of drug-likeness (QED) is 0.656. The molecule has 3 N–H and O–H groups in total. The van der Waals surface area contributed by atoms with Gasteiger partial charge in [-0.05, 0) is 43.0 Å². The van der Waals surface area contributed by atoms with E-state index in [9.17, 15) is 4.79 Å². The van der Waals surface area contributed by atoms with Crippen LogP contribution in [0.3, 0.4) is 0 Å². The van der Waals surface area contributed by atoms with Crippen molar-refractivity contribution in [2.24, 2.45) is 5.92 Å². The molecule has 0 aliphatic heterocycles. The molecule has 0 aromatic heterocycles. The predicted octanol–water partition coefficient (Wildman–Crippen LogP) is 2.73. The van der Waals surface area contributed by atoms with Crippen LogP contribution in [0.2, 0.25) is 0 Å². The molecule has 0 radical (unpaired) electrons. The summed E-state index contributed by atoms with van der Waals surface area (Å²) in [6, 6.07) is 7.37. The van der Waals surface area contributed by atoms with Gasteiger partial charge in [-0.15, -0.1) is 0 Å². The molecule has 20 heavy (non-hydrogen) atoms. The normalized spacial score (nSPS) is 22.9. The fourth-order valence-corrected chi connectivity index (χ4v) is 2.67. The van der Waals surface area contributed by atoms with Crippen molar-refractivity contribution in [1.82, 2.24) is 5.32 Å². The Labute approximate surface area is 120 Å². The molecule has 2 rings (SSSR count). The van der Waals surface area contributed by atoms with Crippen LogP contribution < -0.4 is 15.8 Å². The van der Waals surface area contributed by atoms with Crippen molar-refractivity contribution in [1.29, 1.82) is 0 Å². The maximum atomic E-state index is 11.9. The molecule has 0 spiro atoms. The summed E-state index contributed by atoms with van der Waals surface area (Å²) < 4.78 is 5.46. The van der Waals surface area contributed by atoms with Crippen molar-refractivity contribution in [2.75, 3.05) is 12.3 Å². The third-order valence-electron chi connectivity index (χ3n) is 3.96. The van der Waals surface area contributed by atoms with Crippen molar-refractivity contribution in [3.63, 3.8) is 0 Å². The fourth-order valence-electron chi connectivity index (χ4n) is 2.67. The molecule has 1 fully saturated rings. The highest BCUT2D eigenvalue weighted by atomic mass is 16.5. The second kappa shape index (κ2) is 7.17. The van der Waals surface area contributed by atoms with Crippen LogP contribution in [-0.4, -0.2) is 18.6 Å². The van der Waals surface area contributed by atoms with Crippen molar-refractivity contribution in [2.45, 2.75) is 45.1 Å². The van der Waals surface area contributed by atoms with Gasteiger partial charge in [-0.25, -0.2) is 0 Å². The summed E-state index contributed by atoms with van der Waals surface area (Å²) in [6.45, 7) is 2.28. The van der Waals surface area contributed by atoms with Crippen LogP contribution in [0.4, 0.5) is 5.69 Å². The molecule has 1 aliphatic carbocycles. The highest BCUT2D eigenvalue weighted by molar-refractivity contribution is 5.77. The summed E-state index contributed by atoms with van der Waals surface area (Å²) in [5.41, 5.74) is 6.29. The topological polar surface area (TPSA) is 64.3 Å². The van der Waals surface area contributed by atoms with Crippen molar-refractivity contribution >= 4 is 11.6 Å². The third kappa shape index (κ3) is 4.44. The minimum atomic E-state index is -0.0411. The Morgan fingerprint density at radius 2 is 1.95 bits per heavy atom. The van der Waals surface area contributed by atoms with Crippen LogP contribution in [0.1, 0.15) is 39.0 Å². The molecule has 4 nitrogen and oxygen atoms in total. The zero-order valence-electron chi connectivity index (χ0n) is 12.1. The monoisotopic (exact) mass is 276 g/mol. The highest BCUT2D eigenvalue weighted by Gasteiger charge is 2.21. The van der Waals surface area contributed by atoms with Crippen LogP contribution in [0.25, 0.3) is 0 Å². The van der Waals surface area contributed by atoms with Gasteiger partial charge in [0.2, 0.25) is 0 Å². The molecule has 1 saturated carbocycles. The number of benzene rings is 1. The predicted molar refractivity (Wildman–Crippen MR) is 80.5 cm³/mol. The molecule has 1 aromatic carbocycles. The van der Waals surface area contributed by atoms with E-state index in [1.807, 2.05) is 0 Å². The minimum absolute atomic E-state index is 0.0411. The number of carbonyl (C=O) groups is 1. The Hall–Kier alpha value is -1.71. The van der Waals surface area contributed by atoms with Crippen LogP contribution in [-0.2, 0) is 4.79 Å². The van der Waals surface area contributed by atoms with E-state index >= 15 is 0 Å². The summed E-state index contributed by atoms with van der Waals surface area (Å²) in [4.78, 5) is 11.9. The number of carbonyl (C=O) groups excluding carboxylic acids is 1. The van der Waals surface area contributed by atoms with Crippen molar-refractivity contribution in [3.8, 4) is 5.75 Å². The lowest BCUT2D eigenvalue weighted by molar-refractivity contribution is -0.124. The Morgan fingerprint density at radius 3 is 2.70 bits per heavy atom. The molecule has 4 heteroatoms. The Bertz CT molecular complexity index is 431. The largest absolute Gasteiger partial charge is 0.484 e. The molecule has 1 aromatic rings. The zero-order chi connectivity index (χ0) is 14.4. The van der Waals surface area contributed by atoms with Crippen LogP contribution in [0, 0.1) is 5.92 Å². The molecule has 2 unspecified atom stereocenters. The van der Waals surface area contributed by atoms with E-state index in [0.29, 0.717) is 23.4 Å². The first-order chi connectivity index (χ1) is 9.65. The van der Waals surface area contributed by atoms with E-state index in [1.165, 1.54) is 25.7 Å². The lowest BCUT2D eigenvalue weighted by Gasteiger charge is -2.22. The first kappa shape index (κ1) is 14.7. The summed E-state index contributed by atoms with van der Waals surface area (Å²) in [6.07, 6.45) is 6.03. The van der Waals surface area contributed by atoms with Gasteiger partial charge in [0, 0.05) is 11.7 Å². The number of nitrogens with two attached hydrogens (primary N) is 1. The molecular formula is C16H24N2O2. The average Bonchev–Trinajstić information content (AvgIpc) is 2.64. The maximum absolute atomic E-state index is 11.9. The van der Waals surface area contributed by atoms with Gasteiger partial charge in [-0.1, -0.05) is 26.2 Å². The lowest BCUT2D eigenvalue weighted by atomic mass is 9.97. The number of anilines is 1. The molecular weight excluding hydrogens is 252 g/mol. The number of nitrogen functional groups attached to an aromatic ring is 1. The number of hydrogen-bond donors (Lipinski definition) is 2. The Morgan fingerprint density at radius 1 is 1.25 bits per heavy atom. The maximum Gasteiger partial charge on any atom is 0.258 e. The highest BCUT2D eigenvalue weighted by Crippen LogP contribution is 2.22. The smallest absolute Gasteiger partial charge is 0.258 e. The van der Waals surface area contributed by atoms with E-state index in [-0.39, 0.29) is 12.5 Å². The molecule has 0 bridgehead atoms. The number of rotatable bonds is 4. The number of ether oxygens (including phenoxy) is 1. The van der Waals surface area contributed by atoms with Crippen LogP contribution in [0.15, 0.2) is 24.3 Å². The summed E-state index contributed by atoms with van der Waals surface area (Å²) in [5, 5.41) is 3.10. The fraction of sp³-hybridized carbons (Fsp3) is 0.562. The first-order valence-electron chi connectivity index (χ1n) is 7.43. The Kier molecular flexibility index (Phi) is 5.27. The van der Waals surface area contributed by atoms with Gasteiger partial charge in [0.15, 0.2) is 6.61 Å². The van der Waals surface area contributed by atoms with Gasteiger partial charge in [0.1, 0.15) is 5.75 Å². The number of nitrogens with one attached hydrogen (secondary N) is 1. The van der Waals surface area contributed by atoms with Crippen LogP contribution >= 0.6 is 0 Å². The van der Waals surface area contributed by atoms with Gasteiger partial charge in [-0.3, -0.25) is 4.79 Å². The average molecular weight is 276 g/mol. The first-order valence-corrected chi connectivity index (χ1v) is 7.43. The number of hydrogen-bond acceptors (Lipinski definition) is 3. The van der Waals surface area contributed by atoms with Gasteiger partial charge in [-0.2, -0.15) is 0 Å². The van der Waals surface area contributed by atoms with Crippen molar-refractivity contribution in [3.05, 3.63) is 24.3 Å². The van der Waals surface area contributed by atoms with Crippen LogP contribution in [0.5, 0.6) is 5.75 Å². The molecule has 110 valence electrons. The second-order valence-corrected chi connectivity index (χ2v) is 5.65. The molecule has 0 saturated heterocycles. The number of amides is 1. The summed E-state index contributed by atoms with van der Waals surface area (Å²) >= 11 is 0. The molecule has 0 heterocycles. The zero-order valence-corrected chi connectivity index (χ0v) is 12.1. The third-order valence-corrected chi connectivity index (χ3v) is 3.96. The van der Waals surface area contributed by atoms with Gasteiger partial charge < -0.3 is 15.8 Å². The summed E-state index contributed by atoms with van der Waals surface area (Å²) in [7, 11) is 0. The van der Waals surface area contributed by atoms with Gasteiger partial charge >= 0.3 is 0 Å². The molecule has 2 atom stereocenters. The molecule has 1 amide bonds. The van der Waals surface area contributed by atoms with E-state index in [2.05, 4.69) is 12.2 Å². The lowest BCUT2D eigenvalue weighted by Crippen LogP contribution is -2.41. The standard InChI is InChI=1S/C16H24N2O2/c1-12-5-3-2-4-6-15(12)18-16(19)11-20-14-9-7-13(17)8-10-14/h7-10,12,15H,2-6,11,17H2,1H3,(H,18,19). The van der Waals surface area contributed by atoms with E-state index in [4.69, 9.17) is 10.5 Å². The molecule has 1 aliphatic rings. The van der Waals surface area contributed by atoms with E-state index in [0.717, 1.165) is 6.42 Å². The van der Waals surface area contributed by atoms with Gasteiger partial charge in [0.05, 0.1) is 0 Å². The minimum Gasteiger partial charge on any atom is -0.484 e. The van der Waals surface area contributed by atoms with E-state index < -0.39 is 0 Å². The Balaban J connectivity index is 1.78.